The van der Waals surface area contributed by atoms with Gasteiger partial charge in [0.2, 0.25) is 0 Å². The van der Waals surface area contributed by atoms with Crippen LogP contribution in [0.1, 0.15) is 116 Å². The number of hydrogen-bond acceptors (Lipinski definition) is 6. The van der Waals surface area contributed by atoms with Crippen molar-refractivity contribution in [2.24, 2.45) is 5.92 Å². The Kier molecular flexibility index (Phi) is 12.1. The number of aromatic nitrogens is 2. The minimum Gasteiger partial charge on any atom is -0.466 e. The van der Waals surface area contributed by atoms with E-state index < -0.39 is 29.9 Å². The number of rotatable bonds is 16. The molecule has 2 atom stereocenters. The number of likely N-dealkylation sites (tertiary alicyclic amines) is 1. The molecule has 1 aliphatic carbocycles. The van der Waals surface area contributed by atoms with Gasteiger partial charge in [0.1, 0.15) is 18.0 Å². The Bertz CT molecular complexity index is 1750. The molecule has 2 fully saturated rings. The van der Waals surface area contributed by atoms with Crippen LogP contribution in [0, 0.1) is 39.4 Å². The van der Waals surface area contributed by atoms with Gasteiger partial charge < -0.3 is 4.74 Å². The molecule has 270 valence electrons. The highest BCUT2D eigenvalue weighted by Gasteiger charge is 2.33. The number of esters is 1. The van der Waals surface area contributed by atoms with Crippen molar-refractivity contribution in [3.8, 4) is 11.1 Å². The molecule has 9 heteroatoms. The Balaban J connectivity index is 1.45. The van der Waals surface area contributed by atoms with Crippen molar-refractivity contribution < 1.29 is 23.1 Å². The van der Waals surface area contributed by atoms with Gasteiger partial charge in [0.05, 0.1) is 18.7 Å². The number of hydrogen-bond donors (Lipinski definition) is 0. The third-order valence-electron chi connectivity index (χ3n) is 10.2. The highest BCUT2D eigenvalue weighted by atomic mass is 19.1. The first kappa shape index (κ1) is 37.5. The molecule has 1 aromatic heterocycles. The summed E-state index contributed by atoms with van der Waals surface area (Å²) in [7, 11) is 0. The van der Waals surface area contributed by atoms with E-state index in [1.54, 1.807) is 19.9 Å². The maximum atomic E-state index is 16.0. The van der Waals surface area contributed by atoms with Crippen LogP contribution >= 0.6 is 0 Å². The van der Waals surface area contributed by atoms with E-state index in [2.05, 4.69) is 12.1 Å². The van der Waals surface area contributed by atoms with Gasteiger partial charge in [-0.1, -0.05) is 31.5 Å². The second-order valence-electron chi connectivity index (χ2n) is 15.0. The van der Waals surface area contributed by atoms with Gasteiger partial charge >= 0.3 is 5.97 Å². The van der Waals surface area contributed by atoms with Gasteiger partial charge in [-0.15, -0.1) is 0 Å². The molecule has 1 aliphatic heterocycles. The van der Waals surface area contributed by atoms with Crippen LogP contribution in [0.15, 0.2) is 35.1 Å². The van der Waals surface area contributed by atoms with Gasteiger partial charge in [-0.3, -0.25) is 19.3 Å². The lowest BCUT2D eigenvalue weighted by molar-refractivity contribution is -0.143. The molecule has 3 aromatic rings. The summed E-state index contributed by atoms with van der Waals surface area (Å²) in [6.07, 6.45) is 2.38. The zero-order valence-electron chi connectivity index (χ0n) is 30.8. The Hall–Kier alpha value is -3.72. The van der Waals surface area contributed by atoms with Crippen LogP contribution in [0.3, 0.4) is 0 Å². The first-order valence-electron chi connectivity index (χ1n) is 18.3. The average Bonchev–Trinajstić information content (AvgIpc) is 3.87. The molecule has 0 radical (unpaired) electrons. The van der Waals surface area contributed by atoms with Gasteiger partial charge in [-0.05, 0) is 129 Å². The summed E-state index contributed by atoms with van der Waals surface area (Å²) in [5.41, 5.74) is 7.48. The number of carbonyl (C=O) groups is 2. The average molecular weight is 690 g/mol. The van der Waals surface area contributed by atoms with Crippen LogP contribution in [0.25, 0.3) is 11.1 Å². The zero-order chi connectivity index (χ0) is 36.3. The summed E-state index contributed by atoms with van der Waals surface area (Å²) in [6.45, 7) is 15.3. The van der Waals surface area contributed by atoms with Crippen LogP contribution in [-0.2, 0) is 20.7 Å². The molecular formula is C41H53F2N3O4. The molecule has 0 spiro atoms. The summed E-state index contributed by atoms with van der Waals surface area (Å²) < 4.78 is 36.2. The highest BCUT2D eigenvalue weighted by Crippen LogP contribution is 2.41. The zero-order valence-corrected chi connectivity index (χ0v) is 30.8. The fourth-order valence-corrected chi connectivity index (χ4v) is 7.60. The van der Waals surface area contributed by atoms with E-state index in [1.165, 1.54) is 4.68 Å². The summed E-state index contributed by atoms with van der Waals surface area (Å²) in [5, 5.41) is 4.84. The maximum Gasteiger partial charge on any atom is 0.306 e. The fourth-order valence-electron chi connectivity index (χ4n) is 7.60. The Morgan fingerprint density at radius 2 is 1.68 bits per heavy atom. The minimum atomic E-state index is -0.798. The Morgan fingerprint density at radius 3 is 2.28 bits per heavy atom. The number of aryl methyl sites for hydroxylation is 4. The number of Topliss-reactive ketones (excluding diaryl/α,β-unsaturated/α-hetero) is 1. The van der Waals surface area contributed by atoms with E-state index in [1.807, 2.05) is 51.7 Å². The molecular weight excluding hydrogens is 636 g/mol. The molecule has 7 nitrogen and oxygen atoms in total. The predicted molar refractivity (Wildman–Crippen MR) is 193 cm³/mol. The van der Waals surface area contributed by atoms with Crippen LogP contribution in [-0.4, -0.2) is 58.8 Å². The smallest absolute Gasteiger partial charge is 0.306 e. The number of carbonyl (C=O) groups excluding carboxylic acids is 2. The molecule has 5 rings (SSSR count). The first-order valence-corrected chi connectivity index (χ1v) is 18.3. The molecule has 50 heavy (non-hydrogen) atoms. The van der Waals surface area contributed by atoms with Crippen LogP contribution in [0.4, 0.5) is 8.78 Å². The molecule has 2 aliphatic rings. The number of halogens is 2. The summed E-state index contributed by atoms with van der Waals surface area (Å²) in [4.78, 5) is 42.7. The van der Waals surface area contributed by atoms with Gasteiger partial charge in [-0.2, -0.15) is 5.10 Å². The number of ether oxygens (including phenoxy) is 1. The fraction of sp³-hybridized carbons (Fsp3) is 0.561. The lowest BCUT2D eigenvalue weighted by Gasteiger charge is -2.34. The maximum absolute atomic E-state index is 16.0. The van der Waals surface area contributed by atoms with E-state index in [-0.39, 0.29) is 43.1 Å². The third-order valence-corrected chi connectivity index (χ3v) is 10.2. The Morgan fingerprint density at radius 1 is 1.00 bits per heavy atom. The largest absolute Gasteiger partial charge is 0.466 e. The highest BCUT2D eigenvalue weighted by molar-refractivity contribution is 5.83. The van der Waals surface area contributed by atoms with Gasteiger partial charge in [0.25, 0.3) is 5.56 Å². The predicted octanol–water partition coefficient (Wildman–Crippen LogP) is 8.03. The summed E-state index contributed by atoms with van der Waals surface area (Å²) >= 11 is 0. The summed E-state index contributed by atoms with van der Waals surface area (Å²) in [5.74, 6) is -1.23. The van der Waals surface area contributed by atoms with Crippen LogP contribution in [0.5, 0.6) is 0 Å². The third kappa shape index (κ3) is 8.95. The first-order chi connectivity index (χ1) is 23.7. The lowest BCUT2D eigenvalue weighted by Crippen LogP contribution is -2.49. The molecule has 2 heterocycles. The molecule has 0 bridgehead atoms. The van der Waals surface area contributed by atoms with Gasteiger partial charge in [0.15, 0.2) is 5.78 Å². The van der Waals surface area contributed by atoms with E-state index >= 15 is 4.39 Å². The van der Waals surface area contributed by atoms with E-state index in [9.17, 15) is 18.8 Å². The Labute approximate surface area is 295 Å². The van der Waals surface area contributed by atoms with Crippen molar-refractivity contribution in [2.75, 3.05) is 26.2 Å². The van der Waals surface area contributed by atoms with Crippen molar-refractivity contribution >= 4 is 11.8 Å². The quantitative estimate of drug-likeness (QED) is 0.142. The number of alkyl halides is 1. The summed E-state index contributed by atoms with van der Waals surface area (Å²) in [6, 6.07) is 8.73. The monoisotopic (exact) mass is 689 g/mol. The van der Waals surface area contributed by atoms with Crippen LogP contribution in [0.2, 0.25) is 0 Å². The number of benzene rings is 2. The second kappa shape index (κ2) is 16.1. The normalized spacial score (nSPS) is 16.4. The molecule has 0 unspecified atom stereocenters. The SMILES string of the molecule is CCOC(=O)C[C@H](CCC(=O)[C@H](CC(C)C)n1nc(CCN2CC(F)C2)c(C2CC2)cc1=O)c1cc(-c2c(C)cc(C)cc2C)cc(C)c1F. The second-order valence-corrected chi connectivity index (χ2v) is 15.0. The van der Waals surface area contributed by atoms with Gasteiger partial charge in [-0.25, -0.2) is 13.5 Å². The molecule has 1 saturated heterocycles. The van der Waals surface area contributed by atoms with Crippen molar-refractivity contribution in [3.63, 3.8) is 0 Å². The molecule has 1 saturated carbocycles. The van der Waals surface area contributed by atoms with Gasteiger partial charge in [0, 0.05) is 38.5 Å². The standard InChI is InChI=1S/C41H53F2N3O4/c1-8-50-39(49)20-30(34-19-31(18-28(7)41(34)43)40-26(5)16-25(4)17-27(40)6)11-12-37(47)36(15-24(2)3)46-38(48)21-33(29-9-10-29)35(44-46)13-14-45-22-32(42)23-45/h16-19,21,24,29-30,32,36H,8-15,20,22-23H2,1-7H3/t30-,36-/m0/s1. The van der Waals surface area contributed by atoms with Crippen LogP contribution < -0.4 is 5.56 Å². The molecule has 2 aromatic carbocycles. The van der Waals surface area contributed by atoms with Crippen molar-refractivity contribution in [3.05, 3.63) is 85.6 Å². The van der Waals surface area contributed by atoms with E-state index in [4.69, 9.17) is 9.84 Å². The minimum absolute atomic E-state index is 0.0340. The van der Waals surface area contributed by atoms with Crippen molar-refractivity contribution in [1.29, 1.82) is 0 Å². The topological polar surface area (TPSA) is 81.5 Å². The van der Waals surface area contributed by atoms with Crippen molar-refractivity contribution in [2.45, 2.75) is 117 Å². The number of ketones is 1. The van der Waals surface area contributed by atoms with Crippen molar-refractivity contribution in [1.82, 2.24) is 14.7 Å². The van der Waals surface area contributed by atoms with E-state index in [0.29, 0.717) is 49.5 Å². The number of nitrogens with zero attached hydrogens (tertiary/aromatic N) is 3. The molecule has 0 N–H and O–H groups in total. The molecule has 0 amide bonds. The lowest BCUT2D eigenvalue weighted by atomic mass is 9.84. The van der Waals surface area contributed by atoms with E-state index in [0.717, 1.165) is 51.9 Å².